The topological polar surface area (TPSA) is 66.6 Å². The van der Waals surface area contributed by atoms with Crippen molar-refractivity contribution in [3.05, 3.63) is 0 Å². The summed E-state index contributed by atoms with van der Waals surface area (Å²) in [7, 11) is 0. The summed E-state index contributed by atoms with van der Waals surface area (Å²) in [5, 5.41) is 9.84. The molecule has 0 aromatic heterocycles. The molecule has 1 fully saturated rings. The van der Waals surface area contributed by atoms with Crippen LogP contribution < -0.4 is 5.73 Å². The summed E-state index contributed by atoms with van der Waals surface area (Å²) >= 11 is 0. The molecule has 0 aliphatic heterocycles. The van der Waals surface area contributed by atoms with E-state index in [1.54, 1.807) is 18.7 Å². The third-order valence-electron chi connectivity index (χ3n) is 3.80. The van der Waals surface area contributed by atoms with Gasteiger partial charge in [0, 0.05) is 19.0 Å². The van der Waals surface area contributed by atoms with E-state index in [0.717, 1.165) is 32.2 Å². The molecule has 0 bridgehead atoms. The summed E-state index contributed by atoms with van der Waals surface area (Å²) in [6, 6.07) is 0. The number of likely N-dealkylation sites (N-methyl/N-ethyl adjacent to an activating group) is 1. The lowest BCUT2D eigenvalue weighted by Gasteiger charge is -2.34. The molecule has 0 atom stereocenters. The lowest BCUT2D eigenvalue weighted by atomic mass is 9.81. The number of hydrogen-bond acceptors (Lipinski definition) is 3. The van der Waals surface area contributed by atoms with E-state index in [2.05, 4.69) is 0 Å². The zero-order chi connectivity index (χ0) is 13.8. The average molecular weight is 256 g/mol. The van der Waals surface area contributed by atoms with Crippen LogP contribution in [0.25, 0.3) is 0 Å². The minimum atomic E-state index is -0.819. The van der Waals surface area contributed by atoms with Crippen LogP contribution in [0.1, 0.15) is 46.5 Å². The van der Waals surface area contributed by atoms with Crippen LogP contribution in [-0.4, -0.2) is 41.1 Å². The molecule has 18 heavy (non-hydrogen) atoms. The first-order chi connectivity index (χ1) is 8.37. The minimum absolute atomic E-state index is 0.134. The third kappa shape index (κ3) is 4.58. The van der Waals surface area contributed by atoms with E-state index >= 15 is 0 Å². The molecule has 3 N–H and O–H groups in total. The Labute approximate surface area is 111 Å². The van der Waals surface area contributed by atoms with Gasteiger partial charge in [-0.1, -0.05) is 0 Å². The molecule has 0 unspecified atom stereocenters. The van der Waals surface area contributed by atoms with Gasteiger partial charge in [-0.15, -0.1) is 0 Å². The molecule has 0 spiro atoms. The van der Waals surface area contributed by atoms with E-state index in [4.69, 9.17) is 5.73 Å². The Bertz CT molecular complexity index is 265. The molecular formula is C14H28N2O2. The van der Waals surface area contributed by atoms with Gasteiger partial charge in [0.05, 0.1) is 5.60 Å². The Kier molecular flexibility index (Phi) is 5.60. The molecule has 4 nitrogen and oxygen atoms in total. The number of nitrogens with two attached hydrogens (primary N) is 1. The predicted octanol–water partition coefficient (Wildman–Crippen LogP) is 1.37. The van der Waals surface area contributed by atoms with Gasteiger partial charge in [0.1, 0.15) is 0 Å². The van der Waals surface area contributed by atoms with Gasteiger partial charge in [-0.2, -0.15) is 0 Å². The maximum Gasteiger partial charge on any atom is 0.225 e. The number of rotatable bonds is 5. The second kappa shape index (κ2) is 6.53. The zero-order valence-electron chi connectivity index (χ0n) is 12.0. The van der Waals surface area contributed by atoms with Gasteiger partial charge >= 0.3 is 0 Å². The number of amides is 1. The van der Waals surface area contributed by atoms with E-state index in [9.17, 15) is 9.90 Å². The maximum atomic E-state index is 12.4. The van der Waals surface area contributed by atoms with Crippen LogP contribution in [0, 0.1) is 11.8 Å². The highest BCUT2D eigenvalue weighted by Gasteiger charge is 2.30. The van der Waals surface area contributed by atoms with E-state index in [1.807, 2.05) is 6.92 Å². The van der Waals surface area contributed by atoms with Crippen LogP contribution >= 0.6 is 0 Å². The largest absolute Gasteiger partial charge is 0.389 e. The fourth-order valence-electron chi connectivity index (χ4n) is 2.72. The Morgan fingerprint density at radius 2 is 1.89 bits per heavy atom. The second-order valence-corrected chi connectivity index (χ2v) is 6.12. The van der Waals surface area contributed by atoms with Crippen molar-refractivity contribution in [3.63, 3.8) is 0 Å². The van der Waals surface area contributed by atoms with Crippen molar-refractivity contribution in [3.8, 4) is 0 Å². The molecule has 1 aliphatic rings. The fourth-order valence-corrected chi connectivity index (χ4v) is 2.72. The van der Waals surface area contributed by atoms with Gasteiger partial charge in [-0.05, 0) is 58.9 Å². The standard InChI is InChI=1S/C14H28N2O2/c1-4-16(10-14(2,3)18)13(17)12-7-5-11(9-15)6-8-12/h11-12,18H,4-10,15H2,1-3H3. The van der Waals surface area contributed by atoms with Crippen LogP contribution in [-0.2, 0) is 4.79 Å². The number of carbonyl (C=O) groups excluding carboxylic acids is 1. The first-order valence-corrected chi connectivity index (χ1v) is 7.08. The Morgan fingerprint density at radius 1 is 1.33 bits per heavy atom. The first kappa shape index (κ1) is 15.4. The van der Waals surface area contributed by atoms with E-state index in [1.165, 1.54) is 0 Å². The van der Waals surface area contributed by atoms with Crippen molar-refractivity contribution in [1.82, 2.24) is 4.90 Å². The van der Waals surface area contributed by atoms with Gasteiger partial charge in [-0.25, -0.2) is 0 Å². The fraction of sp³-hybridized carbons (Fsp3) is 0.929. The molecule has 0 heterocycles. The van der Waals surface area contributed by atoms with Crippen LogP contribution in [0.15, 0.2) is 0 Å². The van der Waals surface area contributed by atoms with Crippen molar-refractivity contribution in [2.24, 2.45) is 17.6 Å². The Balaban J connectivity index is 2.52. The maximum absolute atomic E-state index is 12.4. The van der Waals surface area contributed by atoms with Gasteiger partial charge in [0.2, 0.25) is 5.91 Å². The van der Waals surface area contributed by atoms with Crippen molar-refractivity contribution in [2.75, 3.05) is 19.6 Å². The lowest BCUT2D eigenvalue weighted by molar-refractivity contribution is -0.139. The number of nitrogens with zero attached hydrogens (tertiary/aromatic N) is 1. The molecule has 4 heteroatoms. The molecule has 0 aromatic rings. The second-order valence-electron chi connectivity index (χ2n) is 6.12. The molecule has 0 saturated heterocycles. The molecule has 1 saturated carbocycles. The normalized spacial score (nSPS) is 24.9. The predicted molar refractivity (Wildman–Crippen MR) is 73.1 cm³/mol. The van der Waals surface area contributed by atoms with Gasteiger partial charge < -0.3 is 15.7 Å². The highest BCUT2D eigenvalue weighted by molar-refractivity contribution is 5.79. The van der Waals surface area contributed by atoms with E-state index in [0.29, 0.717) is 19.0 Å². The molecule has 0 radical (unpaired) electrons. The molecule has 1 rings (SSSR count). The van der Waals surface area contributed by atoms with Crippen LogP contribution in [0.2, 0.25) is 0 Å². The van der Waals surface area contributed by atoms with E-state index in [-0.39, 0.29) is 11.8 Å². The van der Waals surface area contributed by atoms with Crippen LogP contribution in [0.4, 0.5) is 0 Å². The van der Waals surface area contributed by atoms with Gasteiger partial charge in [0.15, 0.2) is 0 Å². The summed E-state index contributed by atoms with van der Waals surface area (Å²) in [5.41, 5.74) is 4.85. The summed E-state index contributed by atoms with van der Waals surface area (Å²) in [4.78, 5) is 14.2. The molecule has 106 valence electrons. The molecule has 1 amide bonds. The Morgan fingerprint density at radius 3 is 2.28 bits per heavy atom. The third-order valence-corrected chi connectivity index (χ3v) is 3.80. The molecule has 0 aromatic carbocycles. The van der Waals surface area contributed by atoms with Crippen LogP contribution in [0.5, 0.6) is 0 Å². The number of aliphatic hydroxyl groups is 1. The number of hydrogen-bond donors (Lipinski definition) is 2. The summed E-state index contributed by atoms with van der Waals surface area (Å²) < 4.78 is 0. The summed E-state index contributed by atoms with van der Waals surface area (Å²) in [6.07, 6.45) is 4.02. The average Bonchev–Trinajstić information content (AvgIpc) is 2.34. The summed E-state index contributed by atoms with van der Waals surface area (Å²) in [5.74, 6) is 0.934. The van der Waals surface area contributed by atoms with Crippen molar-refractivity contribution in [1.29, 1.82) is 0 Å². The summed E-state index contributed by atoms with van der Waals surface area (Å²) in [6.45, 7) is 7.28. The van der Waals surface area contributed by atoms with E-state index < -0.39 is 5.60 Å². The highest BCUT2D eigenvalue weighted by Crippen LogP contribution is 2.29. The van der Waals surface area contributed by atoms with Crippen LogP contribution in [0.3, 0.4) is 0 Å². The monoisotopic (exact) mass is 256 g/mol. The number of carbonyl (C=O) groups is 1. The molecule has 1 aliphatic carbocycles. The van der Waals surface area contributed by atoms with Crippen molar-refractivity contribution in [2.45, 2.75) is 52.1 Å². The van der Waals surface area contributed by atoms with Gasteiger partial charge in [-0.3, -0.25) is 4.79 Å². The zero-order valence-corrected chi connectivity index (χ0v) is 12.0. The minimum Gasteiger partial charge on any atom is -0.389 e. The highest BCUT2D eigenvalue weighted by atomic mass is 16.3. The van der Waals surface area contributed by atoms with Gasteiger partial charge in [0.25, 0.3) is 0 Å². The Hall–Kier alpha value is -0.610. The first-order valence-electron chi connectivity index (χ1n) is 7.08. The smallest absolute Gasteiger partial charge is 0.225 e. The molecular weight excluding hydrogens is 228 g/mol. The van der Waals surface area contributed by atoms with Crippen molar-refractivity contribution < 1.29 is 9.90 Å². The SMILES string of the molecule is CCN(CC(C)(C)O)C(=O)C1CCC(CN)CC1. The quantitative estimate of drug-likeness (QED) is 0.781. The van der Waals surface area contributed by atoms with Crippen molar-refractivity contribution >= 4 is 5.91 Å². The lowest BCUT2D eigenvalue weighted by Crippen LogP contribution is -2.45.